The SMILES string of the molecule is COc1cccc(N(C)c2nc(Cl)ncc2C)c1. The molecule has 2 aromatic rings. The first-order chi connectivity index (χ1) is 8.61. The van der Waals surface area contributed by atoms with Crippen LogP contribution in [0.4, 0.5) is 11.5 Å². The lowest BCUT2D eigenvalue weighted by Crippen LogP contribution is -2.13. The first kappa shape index (κ1) is 12.6. The molecule has 1 heterocycles. The highest BCUT2D eigenvalue weighted by atomic mass is 35.5. The number of ether oxygens (including phenoxy) is 1. The molecule has 0 radical (unpaired) electrons. The van der Waals surface area contributed by atoms with E-state index >= 15 is 0 Å². The molecule has 0 aliphatic carbocycles. The Morgan fingerprint density at radius 2 is 2.11 bits per heavy atom. The number of hydrogen-bond acceptors (Lipinski definition) is 4. The summed E-state index contributed by atoms with van der Waals surface area (Å²) in [5.74, 6) is 1.58. The summed E-state index contributed by atoms with van der Waals surface area (Å²) in [6, 6.07) is 7.76. The Bertz CT molecular complexity index is 560. The number of nitrogens with zero attached hydrogens (tertiary/aromatic N) is 3. The van der Waals surface area contributed by atoms with Gasteiger partial charge in [0.1, 0.15) is 11.6 Å². The average molecular weight is 264 g/mol. The fourth-order valence-electron chi connectivity index (χ4n) is 1.69. The van der Waals surface area contributed by atoms with Gasteiger partial charge in [-0.2, -0.15) is 4.98 Å². The van der Waals surface area contributed by atoms with Gasteiger partial charge in [0.05, 0.1) is 7.11 Å². The van der Waals surface area contributed by atoms with Crippen LogP contribution in [0.3, 0.4) is 0 Å². The number of halogens is 1. The van der Waals surface area contributed by atoms with E-state index in [2.05, 4.69) is 9.97 Å². The number of anilines is 2. The Morgan fingerprint density at radius 3 is 2.83 bits per heavy atom. The van der Waals surface area contributed by atoms with Crippen LogP contribution in [0.15, 0.2) is 30.5 Å². The topological polar surface area (TPSA) is 38.2 Å². The zero-order valence-corrected chi connectivity index (χ0v) is 11.3. The van der Waals surface area contributed by atoms with Crippen LogP contribution in [0.25, 0.3) is 0 Å². The highest BCUT2D eigenvalue weighted by Crippen LogP contribution is 2.27. The third-order valence-corrected chi connectivity index (χ3v) is 2.86. The van der Waals surface area contributed by atoms with Gasteiger partial charge in [0.2, 0.25) is 5.28 Å². The van der Waals surface area contributed by atoms with E-state index in [1.54, 1.807) is 13.3 Å². The number of hydrogen-bond donors (Lipinski definition) is 0. The van der Waals surface area contributed by atoms with Gasteiger partial charge in [0, 0.05) is 30.6 Å². The predicted octanol–water partition coefficient (Wildman–Crippen LogP) is 3.21. The van der Waals surface area contributed by atoms with Crippen molar-refractivity contribution < 1.29 is 4.74 Å². The minimum atomic E-state index is 0.241. The van der Waals surface area contributed by atoms with Crippen LogP contribution >= 0.6 is 11.6 Å². The summed E-state index contributed by atoms with van der Waals surface area (Å²) in [6.07, 6.45) is 1.71. The molecule has 4 nitrogen and oxygen atoms in total. The largest absolute Gasteiger partial charge is 0.497 e. The lowest BCUT2D eigenvalue weighted by Gasteiger charge is -2.20. The van der Waals surface area contributed by atoms with Gasteiger partial charge in [-0.1, -0.05) is 6.07 Å². The zero-order chi connectivity index (χ0) is 13.1. The van der Waals surface area contributed by atoms with Crippen molar-refractivity contribution in [2.75, 3.05) is 19.1 Å². The van der Waals surface area contributed by atoms with E-state index in [0.717, 1.165) is 22.8 Å². The fraction of sp³-hybridized carbons (Fsp3) is 0.231. The van der Waals surface area contributed by atoms with E-state index in [-0.39, 0.29) is 5.28 Å². The summed E-state index contributed by atoms with van der Waals surface area (Å²) in [6.45, 7) is 1.95. The molecule has 18 heavy (non-hydrogen) atoms. The van der Waals surface area contributed by atoms with E-state index in [0.29, 0.717) is 0 Å². The van der Waals surface area contributed by atoms with E-state index in [1.165, 1.54) is 0 Å². The van der Waals surface area contributed by atoms with Gasteiger partial charge in [-0.15, -0.1) is 0 Å². The quantitative estimate of drug-likeness (QED) is 0.797. The molecule has 0 saturated heterocycles. The van der Waals surface area contributed by atoms with Gasteiger partial charge >= 0.3 is 0 Å². The molecule has 0 aliphatic rings. The Hall–Kier alpha value is -1.81. The van der Waals surface area contributed by atoms with Crippen molar-refractivity contribution in [3.63, 3.8) is 0 Å². The minimum absolute atomic E-state index is 0.241. The van der Waals surface area contributed by atoms with Crippen LogP contribution in [0.2, 0.25) is 5.28 Å². The van der Waals surface area contributed by atoms with E-state index < -0.39 is 0 Å². The number of benzene rings is 1. The molecule has 0 unspecified atom stereocenters. The normalized spacial score (nSPS) is 10.2. The van der Waals surface area contributed by atoms with Crippen LogP contribution < -0.4 is 9.64 Å². The van der Waals surface area contributed by atoms with Gasteiger partial charge in [0.25, 0.3) is 0 Å². The second-order valence-corrected chi connectivity index (χ2v) is 4.24. The molecule has 0 spiro atoms. The standard InChI is InChI=1S/C13H14ClN3O/c1-9-8-15-13(14)16-12(9)17(2)10-5-4-6-11(7-10)18-3/h4-8H,1-3H3. The zero-order valence-electron chi connectivity index (χ0n) is 10.5. The predicted molar refractivity (Wildman–Crippen MR) is 72.8 cm³/mol. The van der Waals surface area contributed by atoms with Crippen molar-refractivity contribution in [1.82, 2.24) is 9.97 Å². The summed E-state index contributed by atoms with van der Waals surface area (Å²) >= 11 is 5.83. The van der Waals surface area contributed by atoms with Crippen molar-refractivity contribution in [2.45, 2.75) is 6.92 Å². The molecular formula is C13H14ClN3O. The molecule has 0 aliphatic heterocycles. The molecule has 0 saturated carbocycles. The first-order valence-electron chi connectivity index (χ1n) is 5.48. The van der Waals surface area contributed by atoms with Crippen LogP contribution in [0, 0.1) is 6.92 Å². The monoisotopic (exact) mass is 263 g/mol. The molecule has 5 heteroatoms. The Kier molecular flexibility index (Phi) is 3.67. The molecule has 1 aromatic carbocycles. The summed E-state index contributed by atoms with van der Waals surface area (Å²) in [5.41, 5.74) is 1.94. The smallest absolute Gasteiger partial charge is 0.224 e. The lowest BCUT2D eigenvalue weighted by atomic mass is 10.2. The molecule has 2 rings (SSSR count). The van der Waals surface area contributed by atoms with Gasteiger partial charge in [-0.05, 0) is 30.7 Å². The van der Waals surface area contributed by atoms with Crippen molar-refractivity contribution in [2.24, 2.45) is 0 Å². The van der Waals surface area contributed by atoms with Crippen molar-refractivity contribution in [3.8, 4) is 5.75 Å². The van der Waals surface area contributed by atoms with Crippen molar-refractivity contribution in [3.05, 3.63) is 41.3 Å². The second-order valence-electron chi connectivity index (χ2n) is 3.91. The van der Waals surface area contributed by atoms with Crippen molar-refractivity contribution >= 4 is 23.1 Å². The Morgan fingerprint density at radius 1 is 1.33 bits per heavy atom. The minimum Gasteiger partial charge on any atom is -0.497 e. The van der Waals surface area contributed by atoms with E-state index in [1.807, 2.05) is 43.1 Å². The van der Waals surface area contributed by atoms with E-state index in [4.69, 9.17) is 16.3 Å². The molecule has 0 bridgehead atoms. The molecule has 0 fully saturated rings. The molecule has 0 amide bonds. The molecular weight excluding hydrogens is 250 g/mol. The summed E-state index contributed by atoms with van der Waals surface area (Å²) in [5, 5.41) is 0.241. The maximum Gasteiger partial charge on any atom is 0.224 e. The molecule has 94 valence electrons. The Balaban J connectivity index is 2.40. The van der Waals surface area contributed by atoms with E-state index in [9.17, 15) is 0 Å². The maximum absolute atomic E-state index is 5.83. The molecule has 0 atom stereocenters. The fourth-order valence-corrected chi connectivity index (χ4v) is 1.82. The third kappa shape index (κ3) is 2.54. The Labute approximate surface area is 111 Å². The van der Waals surface area contributed by atoms with Crippen LogP contribution in [0.1, 0.15) is 5.56 Å². The molecule has 1 aromatic heterocycles. The van der Waals surface area contributed by atoms with Crippen molar-refractivity contribution in [1.29, 1.82) is 0 Å². The maximum atomic E-state index is 5.83. The van der Waals surface area contributed by atoms with Gasteiger partial charge in [0.15, 0.2) is 0 Å². The lowest BCUT2D eigenvalue weighted by molar-refractivity contribution is 0.415. The highest BCUT2D eigenvalue weighted by Gasteiger charge is 2.10. The number of rotatable bonds is 3. The average Bonchev–Trinajstić information content (AvgIpc) is 2.41. The second kappa shape index (κ2) is 5.23. The summed E-state index contributed by atoms with van der Waals surface area (Å²) in [7, 11) is 3.58. The summed E-state index contributed by atoms with van der Waals surface area (Å²) in [4.78, 5) is 10.1. The van der Waals surface area contributed by atoms with Crippen LogP contribution in [-0.4, -0.2) is 24.1 Å². The highest BCUT2D eigenvalue weighted by molar-refractivity contribution is 6.28. The summed E-state index contributed by atoms with van der Waals surface area (Å²) < 4.78 is 5.21. The number of aromatic nitrogens is 2. The van der Waals surface area contributed by atoms with Crippen LogP contribution in [-0.2, 0) is 0 Å². The van der Waals surface area contributed by atoms with Gasteiger partial charge in [-0.3, -0.25) is 0 Å². The van der Waals surface area contributed by atoms with Gasteiger partial charge in [-0.25, -0.2) is 4.98 Å². The number of methoxy groups -OCH3 is 1. The molecule has 0 N–H and O–H groups in total. The third-order valence-electron chi connectivity index (χ3n) is 2.67. The first-order valence-corrected chi connectivity index (χ1v) is 5.86. The van der Waals surface area contributed by atoms with Crippen LogP contribution in [0.5, 0.6) is 5.75 Å². The number of aryl methyl sites for hydroxylation is 1. The van der Waals surface area contributed by atoms with Gasteiger partial charge < -0.3 is 9.64 Å².